The first kappa shape index (κ1) is 19.6. The number of thiophene rings is 1. The van der Waals surface area contributed by atoms with Crippen molar-refractivity contribution >= 4 is 34.9 Å². The average molecular weight is 391 g/mol. The van der Waals surface area contributed by atoms with Crippen molar-refractivity contribution in [1.82, 2.24) is 5.32 Å². The first-order valence-electron chi connectivity index (χ1n) is 9.10. The van der Waals surface area contributed by atoms with Crippen molar-refractivity contribution in [2.24, 2.45) is 0 Å². The molecule has 0 atom stereocenters. The molecule has 3 aromatic rings. The highest BCUT2D eigenvalue weighted by Crippen LogP contribution is 2.18. The molecule has 142 valence electrons. The van der Waals surface area contributed by atoms with E-state index in [-0.39, 0.29) is 17.5 Å². The van der Waals surface area contributed by atoms with Gasteiger partial charge in [0.25, 0.3) is 11.8 Å². The molecule has 5 heteroatoms. The van der Waals surface area contributed by atoms with Gasteiger partial charge in [-0.25, -0.2) is 0 Å². The first-order valence-corrected chi connectivity index (χ1v) is 9.98. The average Bonchev–Trinajstić information content (AvgIpc) is 3.21. The number of anilines is 1. The number of carbonyl (C=O) groups excluding carboxylic acids is 2. The van der Waals surface area contributed by atoms with Crippen molar-refractivity contribution in [3.05, 3.63) is 93.3 Å². The molecule has 2 amide bonds. The molecule has 0 aliphatic carbocycles. The van der Waals surface area contributed by atoms with E-state index in [1.807, 2.05) is 73.8 Å². The zero-order valence-corrected chi connectivity index (χ0v) is 16.7. The number of carbonyl (C=O) groups is 2. The van der Waals surface area contributed by atoms with E-state index in [9.17, 15) is 9.59 Å². The summed E-state index contributed by atoms with van der Waals surface area (Å²) in [7, 11) is 0. The van der Waals surface area contributed by atoms with E-state index in [0.717, 1.165) is 28.1 Å². The molecule has 0 spiro atoms. The predicted molar refractivity (Wildman–Crippen MR) is 115 cm³/mol. The zero-order valence-electron chi connectivity index (χ0n) is 15.9. The lowest BCUT2D eigenvalue weighted by Gasteiger charge is -2.14. The summed E-state index contributed by atoms with van der Waals surface area (Å²) in [4.78, 5) is 26.6. The Morgan fingerprint density at radius 1 is 1.00 bits per heavy atom. The lowest BCUT2D eigenvalue weighted by molar-refractivity contribution is -0.113. The highest BCUT2D eigenvalue weighted by molar-refractivity contribution is 7.10. The van der Waals surface area contributed by atoms with Crippen LogP contribution in [-0.4, -0.2) is 11.8 Å². The summed E-state index contributed by atoms with van der Waals surface area (Å²) in [6, 6.07) is 18.8. The minimum Gasteiger partial charge on any atom is -0.320 e. The molecule has 0 bridgehead atoms. The Kier molecular flexibility index (Phi) is 6.40. The van der Waals surface area contributed by atoms with E-state index < -0.39 is 0 Å². The van der Waals surface area contributed by atoms with Gasteiger partial charge < -0.3 is 10.6 Å². The molecule has 28 heavy (non-hydrogen) atoms. The second-order valence-electron chi connectivity index (χ2n) is 6.31. The molecular formula is C23H22N2O2S. The van der Waals surface area contributed by atoms with E-state index in [0.29, 0.717) is 5.56 Å². The number of benzene rings is 2. The van der Waals surface area contributed by atoms with Gasteiger partial charge in [-0.05, 0) is 54.1 Å². The summed E-state index contributed by atoms with van der Waals surface area (Å²) in [5.41, 5.74) is 3.39. The molecule has 2 N–H and O–H groups in total. The Morgan fingerprint density at radius 2 is 1.75 bits per heavy atom. The largest absolute Gasteiger partial charge is 0.320 e. The summed E-state index contributed by atoms with van der Waals surface area (Å²) >= 11 is 1.50. The molecule has 4 nitrogen and oxygen atoms in total. The van der Waals surface area contributed by atoms with Crippen molar-refractivity contribution in [3.63, 3.8) is 0 Å². The summed E-state index contributed by atoms with van der Waals surface area (Å²) in [5.74, 6) is -0.656. The van der Waals surface area contributed by atoms with Gasteiger partial charge in [-0.3, -0.25) is 9.59 Å². The van der Waals surface area contributed by atoms with Gasteiger partial charge in [0.1, 0.15) is 5.70 Å². The fraction of sp³-hybridized carbons (Fsp3) is 0.130. The van der Waals surface area contributed by atoms with Crippen molar-refractivity contribution in [3.8, 4) is 0 Å². The van der Waals surface area contributed by atoms with Crippen LogP contribution in [0.2, 0.25) is 0 Å². The monoisotopic (exact) mass is 390 g/mol. The van der Waals surface area contributed by atoms with Gasteiger partial charge in [-0.15, -0.1) is 11.3 Å². The summed E-state index contributed by atoms with van der Waals surface area (Å²) in [6.07, 6.45) is 2.50. The molecule has 0 radical (unpaired) electrons. The molecule has 0 fully saturated rings. The maximum atomic E-state index is 13.0. The number of aryl methyl sites for hydroxylation is 2. The van der Waals surface area contributed by atoms with Gasteiger partial charge in [0.05, 0.1) is 0 Å². The number of nitrogens with one attached hydrogen (secondary N) is 2. The number of amides is 2. The predicted octanol–water partition coefficient (Wildman–Crippen LogP) is 5.03. The van der Waals surface area contributed by atoms with E-state index in [4.69, 9.17) is 0 Å². The molecule has 2 aromatic carbocycles. The van der Waals surface area contributed by atoms with Crippen molar-refractivity contribution in [2.45, 2.75) is 20.3 Å². The Morgan fingerprint density at radius 3 is 2.46 bits per heavy atom. The SMILES string of the molecule is CCc1ccccc1NC(=O)/C(=C/c1cccs1)NC(=O)c1ccccc1C. The standard InChI is InChI=1S/C23H22N2O2S/c1-3-17-10-5-7-13-20(17)24-23(27)21(15-18-11-8-14-28-18)25-22(26)19-12-6-4-9-16(19)2/h4-15H,3H2,1-2H3,(H,24,27)(H,25,26)/b21-15-. The van der Waals surface area contributed by atoms with Crippen LogP contribution in [0.15, 0.2) is 71.7 Å². The summed E-state index contributed by atoms with van der Waals surface area (Å²) in [5, 5.41) is 7.64. The number of hydrogen-bond donors (Lipinski definition) is 2. The lowest BCUT2D eigenvalue weighted by Crippen LogP contribution is -2.31. The Balaban J connectivity index is 1.88. The molecule has 0 aliphatic rings. The van der Waals surface area contributed by atoms with Crippen molar-refractivity contribution in [2.75, 3.05) is 5.32 Å². The highest BCUT2D eigenvalue weighted by atomic mass is 32.1. The molecule has 1 aromatic heterocycles. The molecule has 0 saturated carbocycles. The van der Waals surface area contributed by atoms with E-state index >= 15 is 0 Å². The van der Waals surface area contributed by atoms with E-state index in [1.54, 1.807) is 12.1 Å². The van der Waals surface area contributed by atoms with Crippen LogP contribution in [0.5, 0.6) is 0 Å². The van der Waals surface area contributed by atoms with Crippen LogP contribution >= 0.6 is 11.3 Å². The summed E-state index contributed by atoms with van der Waals surface area (Å²) in [6.45, 7) is 3.91. The minimum atomic E-state index is -0.351. The van der Waals surface area contributed by atoms with Crippen LogP contribution in [0.4, 0.5) is 5.69 Å². The normalized spacial score (nSPS) is 11.1. The van der Waals surface area contributed by atoms with E-state index in [1.165, 1.54) is 11.3 Å². The number of hydrogen-bond acceptors (Lipinski definition) is 3. The van der Waals surface area contributed by atoms with Crippen LogP contribution in [0.25, 0.3) is 6.08 Å². The third-order valence-corrected chi connectivity index (χ3v) is 5.18. The quantitative estimate of drug-likeness (QED) is 0.580. The van der Waals surface area contributed by atoms with Gasteiger partial charge in [-0.2, -0.15) is 0 Å². The molecule has 3 rings (SSSR count). The maximum absolute atomic E-state index is 13.0. The second-order valence-corrected chi connectivity index (χ2v) is 7.29. The number of para-hydroxylation sites is 1. The molecule has 1 heterocycles. The molecule has 0 aliphatic heterocycles. The lowest BCUT2D eigenvalue weighted by atomic mass is 10.1. The fourth-order valence-corrected chi connectivity index (χ4v) is 3.49. The third kappa shape index (κ3) is 4.75. The third-order valence-electron chi connectivity index (χ3n) is 4.36. The molecule has 0 saturated heterocycles. The molecule has 0 unspecified atom stereocenters. The van der Waals surface area contributed by atoms with Crippen LogP contribution in [0, 0.1) is 6.92 Å². The van der Waals surface area contributed by atoms with Gasteiger partial charge >= 0.3 is 0 Å². The van der Waals surface area contributed by atoms with Crippen LogP contribution in [-0.2, 0) is 11.2 Å². The highest BCUT2D eigenvalue weighted by Gasteiger charge is 2.17. The van der Waals surface area contributed by atoms with Gasteiger partial charge in [0.2, 0.25) is 0 Å². The Hall–Kier alpha value is -3.18. The van der Waals surface area contributed by atoms with Crippen molar-refractivity contribution < 1.29 is 9.59 Å². The van der Waals surface area contributed by atoms with Crippen LogP contribution in [0.1, 0.15) is 33.3 Å². The fourth-order valence-electron chi connectivity index (χ4n) is 2.83. The molecular weight excluding hydrogens is 368 g/mol. The Bertz CT molecular complexity index is 1010. The first-order chi connectivity index (χ1) is 13.6. The second kappa shape index (κ2) is 9.15. The van der Waals surface area contributed by atoms with Gasteiger partial charge in [0.15, 0.2) is 0 Å². The maximum Gasteiger partial charge on any atom is 0.272 e. The zero-order chi connectivity index (χ0) is 19.9. The minimum absolute atomic E-state index is 0.210. The Labute approximate surface area is 168 Å². The van der Waals surface area contributed by atoms with E-state index in [2.05, 4.69) is 10.6 Å². The summed E-state index contributed by atoms with van der Waals surface area (Å²) < 4.78 is 0. The van der Waals surface area contributed by atoms with Crippen molar-refractivity contribution in [1.29, 1.82) is 0 Å². The number of rotatable bonds is 6. The smallest absolute Gasteiger partial charge is 0.272 e. The van der Waals surface area contributed by atoms with Crippen LogP contribution in [0.3, 0.4) is 0 Å². The topological polar surface area (TPSA) is 58.2 Å². The van der Waals surface area contributed by atoms with Gasteiger partial charge in [0, 0.05) is 16.1 Å². The van der Waals surface area contributed by atoms with Crippen LogP contribution < -0.4 is 10.6 Å². The van der Waals surface area contributed by atoms with Gasteiger partial charge in [-0.1, -0.05) is 49.4 Å².